The van der Waals surface area contributed by atoms with Crippen molar-refractivity contribution in [1.29, 1.82) is 0 Å². The van der Waals surface area contributed by atoms with Crippen molar-refractivity contribution < 1.29 is 0 Å². The van der Waals surface area contributed by atoms with Crippen molar-refractivity contribution in [3.8, 4) is 0 Å². The van der Waals surface area contributed by atoms with Crippen LogP contribution in [0.25, 0.3) is 0 Å². The summed E-state index contributed by atoms with van der Waals surface area (Å²) >= 11 is 3.67. The monoisotopic (exact) mass is 327 g/mol. The number of nitrogens with zero attached hydrogens (tertiary/aromatic N) is 2. The molecule has 1 N–H and O–H groups in total. The molecular formula is C15H26BrN3. The van der Waals surface area contributed by atoms with Gasteiger partial charge in [-0.3, -0.25) is 0 Å². The minimum atomic E-state index is 0.363. The van der Waals surface area contributed by atoms with E-state index >= 15 is 0 Å². The third kappa shape index (κ3) is 5.13. The zero-order valence-corrected chi connectivity index (χ0v) is 14.3. The summed E-state index contributed by atoms with van der Waals surface area (Å²) in [5, 5.41) is 3.27. The Morgan fingerprint density at radius 3 is 2.42 bits per heavy atom. The average molecular weight is 328 g/mol. The maximum Gasteiger partial charge on any atom is 0.0375 e. The number of benzene rings is 1. The number of nitrogens with one attached hydrogen (secondary N) is 1. The molecule has 0 heterocycles. The quantitative estimate of drug-likeness (QED) is 0.830. The van der Waals surface area contributed by atoms with E-state index in [1.807, 2.05) is 7.05 Å². The van der Waals surface area contributed by atoms with Crippen molar-refractivity contribution in [2.24, 2.45) is 0 Å². The van der Waals surface area contributed by atoms with Gasteiger partial charge in [-0.1, -0.05) is 22.0 Å². The Kier molecular flexibility index (Phi) is 6.83. The first-order valence-electron chi connectivity index (χ1n) is 6.78. The Morgan fingerprint density at radius 1 is 1.21 bits per heavy atom. The summed E-state index contributed by atoms with van der Waals surface area (Å²) in [4.78, 5) is 4.53. The zero-order valence-electron chi connectivity index (χ0n) is 12.7. The predicted molar refractivity (Wildman–Crippen MR) is 88.1 cm³/mol. The van der Waals surface area contributed by atoms with Gasteiger partial charge in [0.05, 0.1) is 0 Å². The van der Waals surface area contributed by atoms with Gasteiger partial charge in [-0.25, -0.2) is 0 Å². The first kappa shape index (κ1) is 16.5. The smallest absolute Gasteiger partial charge is 0.0375 e. The number of rotatable bonds is 7. The van der Waals surface area contributed by atoms with Gasteiger partial charge in [-0.2, -0.15) is 0 Å². The standard InChI is InChI=1S/C15H26BrN3/c1-12(17-2)14-8-7-13(11-15(14)16)19(5)10-6-9-18(3)4/h7-8,11-12,17H,6,9-10H2,1-5H3. The molecule has 3 nitrogen and oxygen atoms in total. The molecule has 0 radical (unpaired) electrons. The van der Waals surface area contributed by atoms with Gasteiger partial charge in [0.1, 0.15) is 0 Å². The molecule has 4 heteroatoms. The van der Waals surface area contributed by atoms with Gasteiger partial charge >= 0.3 is 0 Å². The predicted octanol–water partition coefficient (Wildman–Crippen LogP) is 3.12. The highest BCUT2D eigenvalue weighted by Crippen LogP contribution is 2.27. The lowest BCUT2D eigenvalue weighted by Crippen LogP contribution is -2.23. The molecule has 0 saturated carbocycles. The van der Waals surface area contributed by atoms with Gasteiger partial charge in [-0.15, -0.1) is 0 Å². The molecule has 108 valence electrons. The summed E-state index contributed by atoms with van der Waals surface area (Å²) < 4.78 is 1.17. The summed E-state index contributed by atoms with van der Waals surface area (Å²) in [6.45, 7) is 4.37. The van der Waals surface area contributed by atoms with E-state index in [2.05, 4.69) is 77.3 Å². The highest BCUT2D eigenvalue weighted by Gasteiger charge is 2.09. The van der Waals surface area contributed by atoms with Crippen LogP contribution in [0.15, 0.2) is 22.7 Å². The minimum absolute atomic E-state index is 0.363. The molecule has 1 aromatic carbocycles. The summed E-state index contributed by atoms with van der Waals surface area (Å²) in [5.41, 5.74) is 2.56. The lowest BCUT2D eigenvalue weighted by atomic mass is 10.1. The third-order valence-corrected chi connectivity index (χ3v) is 4.11. The molecule has 0 amide bonds. The van der Waals surface area contributed by atoms with Crippen molar-refractivity contribution in [2.45, 2.75) is 19.4 Å². The van der Waals surface area contributed by atoms with Crippen LogP contribution < -0.4 is 10.2 Å². The van der Waals surface area contributed by atoms with Gasteiger partial charge in [0, 0.05) is 29.8 Å². The third-order valence-electron chi connectivity index (χ3n) is 3.42. The lowest BCUT2D eigenvalue weighted by Gasteiger charge is -2.22. The summed E-state index contributed by atoms with van der Waals surface area (Å²) in [6.07, 6.45) is 1.18. The highest BCUT2D eigenvalue weighted by atomic mass is 79.9. The van der Waals surface area contributed by atoms with Gasteiger partial charge in [0.15, 0.2) is 0 Å². The van der Waals surface area contributed by atoms with Crippen molar-refractivity contribution in [3.05, 3.63) is 28.2 Å². The summed E-state index contributed by atoms with van der Waals surface area (Å²) in [6, 6.07) is 6.97. The molecule has 1 unspecified atom stereocenters. The zero-order chi connectivity index (χ0) is 14.4. The fourth-order valence-electron chi connectivity index (χ4n) is 2.01. The molecule has 0 aliphatic heterocycles. The molecule has 0 saturated heterocycles. The van der Waals surface area contributed by atoms with Gasteiger partial charge < -0.3 is 15.1 Å². The van der Waals surface area contributed by atoms with E-state index in [0.29, 0.717) is 6.04 Å². The molecule has 0 aliphatic rings. The van der Waals surface area contributed by atoms with Crippen molar-refractivity contribution in [1.82, 2.24) is 10.2 Å². The molecule has 0 bridgehead atoms. The van der Waals surface area contributed by atoms with E-state index in [9.17, 15) is 0 Å². The van der Waals surface area contributed by atoms with E-state index in [4.69, 9.17) is 0 Å². The fourth-order valence-corrected chi connectivity index (χ4v) is 2.72. The van der Waals surface area contributed by atoms with Crippen molar-refractivity contribution in [3.63, 3.8) is 0 Å². The molecule has 0 spiro atoms. The van der Waals surface area contributed by atoms with Crippen LogP contribution in [0.3, 0.4) is 0 Å². The van der Waals surface area contributed by atoms with E-state index in [1.54, 1.807) is 0 Å². The van der Waals surface area contributed by atoms with Crippen LogP contribution in [0.5, 0.6) is 0 Å². The Bertz CT molecular complexity index is 393. The SMILES string of the molecule is CNC(C)c1ccc(N(C)CCCN(C)C)cc1Br. The first-order chi connectivity index (χ1) is 8.95. The normalized spacial score (nSPS) is 12.8. The first-order valence-corrected chi connectivity index (χ1v) is 7.57. The maximum atomic E-state index is 3.67. The largest absolute Gasteiger partial charge is 0.375 e. The Hall–Kier alpha value is -0.580. The fraction of sp³-hybridized carbons (Fsp3) is 0.600. The Labute approximate surface area is 126 Å². The Morgan fingerprint density at radius 2 is 1.89 bits per heavy atom. The topological polar surface area (TPSA) is 18.5 Å². The second-order valence-electron chi connectivity index (χ2n) is 5.29. The molecule has 0 aliphatic carbocycles. The van der Waals surface area contributed by atoms with Crippen LogP contribution in [0.4, 0.5) is 5.69 Å². The van der Waals surface area contributed by atoms with Gasteiger partial charge in [0.2, 0.25) is 0 Å². The van der Waals surface area contributed by atoms with E-state index in [1.165, 1.54) is 22.1 Å². The average Bonchev–Trinajstić information content (AvgIpc) is 2.37. The van der Waals surface area contributed by atoms with Crippen LogP contribution >= 0.6 is 15.9 Å². The van der Waals surface area contributed by atoms with Crippen LogP contribution in [0, 0.1) is 0 Å². The number of hydrogen-bond donors (Lipinski definition) is 1. The van der Waals surface area contributed by atoms with E-state index in [0.717, 1.165) is 13.1 Å². The van der Waals surface area contributed by atoms with Gasteiger partial charge in [0.25, 0.3) is 0 Å². The number of anilines is 1. The van der Waals surface area contributed by atoms with Crippen LogP contribution in [-0.2, 0) is 0 Å². The van der Waals surface area contributed by atoms with E-state index < -0.39 is 0 Å². The molecule has 0 fully saturated rings. The second kappa shape index (κ2) is 7.88. The van der Waals surface area contributed by atoms with Crippen molar-refractivity contribution in [2.75, 3.05) is 46.2 Å². The lowest BCUT2D eigenvalue weighted by molar-refractivity contribution is 0.401. The molecule has 19 heavy (non-hydrogen) atoms. The molecule has 1 atom stereocenters. The van der Waals surface area contributed by atoms with Crippen LogP contribution in [0.1, 0.15) is 24.9 Å². The minimum Gasteiger partial charge on any atom is -0.375 e. The Balaban J connectivity index is 2.66. The maximum absolute atomic E-state index is 3.67. The van der Waals surface area contributed by atoms with E-state index in [-0.39, 0.29) is 0 Å². The summed E-state index contributed by atoms with van der Waals surface area (Å²) in [5.74, 6) is 0. The molecule has 1 rings (SSSR count). The molecule has 1 aromatic rings. The van der Waals surface area contributed by atoms with Crippen LogP contribution in [-0.4, -0.2) is 46.2 Å². The van der Waals surface area contributed by atoms with Crippen LogP contribution in [0.2, 0.25) is 0 Å². The van der Waals surface area contributed by atoms with Crippen molar-refractivity contribution >= 4 is 21.6 Å². The second-order valence-corrected chi connectivity index (χ2v) is 6.15. The summed E-state index contributed by atoms with van der Waals surface area (Å²) in [7, 11) is 8.37. The van der Waals surface area contributed by atoms with Gasteiger partial charge in [-0.05, 0) is 58.7 Å². The molecular weight excluding hydrogens is 302 g/mol. The number of halogens is 1. The number of hydrogen-bond acceptors (Lipinski definition) is 3. The molecule has 0 aromatic heterocycles. The highest BCUT2D eigenvalue weighted by molar-refractivity contribution is 9.10.